The fourth-order valence-electron chi connectivity index (χ4n) is 1.45. The van der Waals surface area contributed by atoms with Crippen LogP contribution in [0.25, 0.3) is 0 Å². The van der Waals surface area contributed by atoms with E-state index in [0.717, 1.165) is 12.0 Å². The second-order valence-corrected chi connectivity index (χ2v) is 5.03. The van der Waals surface area contributed by atoms with Crippen LogP contribution >= 0.6 is 0 Å². The quantitative estimate of drug-likeness (QED) is 0.875. The Labute approximate surface area is 103 Å². The molecule has 17 heavy (non-hydrogen) atoms. The van der Waals surface area contributed by atoms with Crippen molar-refractivity contribution in [2.24, 2.45) is 0 Å². The number of amides is 1. The van der Waals surface area contributed by atoms with E-state index in [0.29, 0.717) is 5.56 Å². The molecular weight excluding hydrogens is 214 g/mol. The molecule has 3 nitrogen and oxygen atoms in total. The van der Waals surface area contributed by atoms with Gasteiger partial charge in [-0.05, 0) is 44.9 Å². The number of rotatable bonds is 3. The van der Waals surface area contributed by atoms with Crippen molar-refractivity contribution in [1.29, 1.82) is 0 Å². The monoisotopic (exact) mass is 235 g/mol. The van der Waals surface area contributed by atoms with Gasteiger partial charge in [0.2, 0.25) is 0 Å². The van der Waals surface area contributed by atoms with Gasteiger partial charge in [0, 0.05) is 18.2 Å². The van der Waals surface area contributed by atoms with Crippen molar-refractivity contribution in [3.8, 4) is 5.75 Å². The molecule has 1 amide bonds. The summed E-state index contributed by atoms with van der Waals surface area (Å²) in [6, 6.07) is 5.04. The maximum absolute atomic E-state index is 12.2. The summed E-state index contributed by atoms with van der Waals surface area (Å²) in [5, 5.41) is 9.62. The molecule has 0 aliphatic heterocycles. The molecule has 0 bridgehead atoms. The number of hydrogen-bond donors (Lipinski definition) is 1. The minimum atomic E-state index is -0.183. The van der Waals surface area contributed by atoms with Crippen molar-refractivity contribution in [1.82, 2.24) is 4.90 Å². The van der Waals surface area contributed by atoms with Crippen molar-refractivity contribution in [2.75, 3.05) is 7.05 Å². The second kappa shape index (κ2) is 4.78. The second-order valence-electron chi connectivity index (χ2n) is 5.03. The highest BCUT2D eigenvalue weighted by Crippen LogP contribution is 2.22. The Hall–Kier alpha value is -1.51. The van der Waals surface area contributed by atoms with E-state index in [1.54, 1.807) is 24.1 Å². The molecule has 1 aromatic rings. The summed E-state index contributed by atoms with van der Waals surface area (Å²) >= 11 is 0. The molecule has 0 radical (unpaired) electrons. The van der Waals surface area contributed by atoms with Gasteiger partial charge in [-0.15, -0.1) is 0 Å². The minimum Gasteiger partial charge on any atom is -0.508 e. The van der Waals surface area contributed by atoms with E-state index in [2.05, 4.69) is 6.92 Å². The Morgan fingerprint density at radius 1 is 1.41 bits per heavy atom. The van der Waals surface area contributed by atoms with E-state index in [9.17, 15) is 9.90 Å². The lowest BCUT2D eigenvalue weighted by molar-refractivity contribution is 0.0620. The van der Waals surface area contributed by atoms with Crippen LogP contribution in [0, 0.1) is 6.92 Å². The molecule has 0 spiro atoms. The fraction of sp³-hybridized carbons (Fsp3) is 0.500. The normalized spacial score (nSPS) is 11.4. The van der Waals surface area contributed by atoms with Crippen molar-refractivity contribution in [3.05, 3.63) is 29.3 Å². The van der Waals surface area contributed by atoms with E-state index in [1.165, 1.54) is 6.07 Å². The van der Waals surface area contributed by atoms with Crippen LogP contribution in [0.2, 0.25) is 0 Å². The van der Waals surface area contributed by atoms with E-state index in [1.807, 2.05) is 20.8 Å². The van der Waals surface area contributed by atoms with E-state index >= 15 is 0 Å². The molecular formula is C14H21NO2. The van der Waals surface area contributed by atoms with Crippen LogP contribution in [0.5, 0.6) is 5.75 Å². The Kier molecular flexibility index (Phi) is 3.81. The van der Waals surface area contributed by atoms with Crippen molar-refractivity contribution in [3.63, 3.8) is 0 Å². The number of carbonyl (C=O) groups is 1. The highest BCUT2D eigenvalue weighted by atomic mass is 16.3. The average molecular weight is 235 g/mol. The van der Waals surface area contributed by atoms with Gasteiger partial charge >= 0.3 is 0 Å². The molecule has 1 N–H and O–H groups in total. The Morgan fingerprint density at radius 2 is 2.00 bits per heavy atom. The van der Waals surface area contributed by atoms with Gasteiger partial charge in [0.1, 0.15) is 5.75 Å². The summed E-state index contributed by atoms with van der Waals surface area (Å²) in [7, 11) is 1.79. The first-order valence-electron chi connectivity index (χ1n) is 5.87. The standard InChI is InChI=1S/C14H21NO2/c1-6-14(3,4)15(5)13(17)11-8-7-10(2)12(16)9-11/h7-9,16H,6H2,1-5H3. The third kappa shape index (κ3) is 2.78. The maximum Gasteiger partial charge on any atom is 0.254 e. The number of aryl methyl sites for hydroxylation is 1. The predicted octanol–water partition coefficient (Wildman–Crippen LogP) is 2.96. The maximum atomic E-state index is 12.2. The molecule has 1 aromatic carbocycles. The first-order valence-corrected chi connectivity index (χ1v) is 5.87. The van der Waals surface area contributed by atoms with Gasteiger partial charge < -0.3 is 10.0 Å². The topological polar surface area (TPSA) is 40.5 Å². The van der Waals surface area contributed by atoms with Gasteiger partial charge in [-0.25, -0.2) is 0 Å². The average Bonchev–Trinajstić information content (AvgIpc) is 2.30. The molecule has 0 saturated carbocycles. The molecule has 0 aromatic heterocycles. The van der Waals surface area contributed by atoms with Gasteiger partial charge in [0.15, 0.2) is 0 Å². The van der Waals surface area contributed by atoms with Gasteiger partial charge in [-0.1, -0.05) is 13.0 Å². The number of benzene rings is 1. The van der Waals surface area contributed by atoms with Crippen LogP contribution < -0.4 is 0 Å². The number of nitrogens with zero attached hydrogens (tertiary/aromatic N) is 1. The molecule has 94 valence electrons. The molecule has 0 unspecified atom stereocenters. The molecule has 0 saturated heterocycles. The highest BCUT2D eigenvalue weighted by Gasteiger charge is 2.26. The largest absolute Gasteiger partial charge is 0.508 e. The molecule has 0 aliphatic carbocycles. The highest BCUT2D eigenvalue weighted by molar-refractivity contribution is 5.95. The Balaban J connectivity index is 3.01. The predicted molar refractivity (Wildman–Crippen MR) is 69.3 cm³/mol. The molecule has 0 fully saturated rings. The third-order valence-electron chi connectivity index (χ3n) is 3.53. The summed E-state index contributed by atoms with van der Waals surface area (Å²) in [4.78, 5) is 13.9. The number of carbonyl (C=O) groups excluding carboxylic acids is 1. The molecule has 0 atom stereocenters. The lowest BCUT2D eigenvalue weighted by Gasteiger charge is -2.35. The van der Waals surface area contributed by atoms with Gasteiger partial charge in [-0.3, -0.25) is 4.79 Å². The van der Waals surface area contributed by atoms with Crippen molar-refractivity contribution < 1.29 is 9.90 Å². The van der Waals surface area contributed by atoms with Crippen LogP contribution in [0.4, 0.5) is 0 Å². The Bertz CT molecular complexity index is 424. The zero-order chi connectivity index (χ0) is 13.2. The van der Waals surface area contributed by atoms with E-state index in [4.69, 9.17) is 0 Å². The number of phenols is 1. The smallest absolute Gasteiger partial charge is 0.254 e. The van der Waals surface area contributed by atoms with Crippen LogP contribution in [0.15, 0.2) is 18.2 Å². The van der Waals surface area contributed by atoms with Crippen molar-refractivity contribution in [2.45, 2.75) is 39.7 Å². The van der Waals surface area contributed by atoms with Crippen LogP contribution in [-0.2, 0) is 0 Å². The number of aromatic hydroxyl groups is 1. The molecule has 3 heteroatoms. The zero-order valence-corrected chi connectivity index (χ0v) is 11.2. The Morgan fingerprint density at radius 3 is 2.47 bits per heavy atom. The van der Waals surface area contributed by atoms with Gasteiger partial charge in [0.05, 0.1) is 0 Å². The molecule has 0 aliphatic rings. The first kappa shape index (κ1) is 13.6. The first-order chi connectivity index (χ1) is 7.79. The summed E-state index contributed by atoms with van der Waals surface area (Å²) in [5.74, 6) is 0.103. The lowest BCUT2D eigenvalue weighted by Crippen LogP contribution is -2.44. The SMILES string of the molecule is CCC(C)(C)N(C)C(=O)c1ccc(C)c(O)c1. The summed E-state index contributed by atoms with van der Waals surface area (Å²) < 4.78 is 0. The van der Waals surface area contributed by atoms with Crippen LogP contribution in [0.3, 0.4) is 0 Å². The molecule has 0 heterocycles. The summed E-state index contributed by atoms with van der Waals surface area (Å²) in [5.41, 5.74) is 1.12. The lowest BCUT2D eigenvalue weighted by atomic mass is 9.98. The van der Waals surface area contributed by atoms with E-state index < -0.39 is 0 Å². The summed E-state index contributed by atoms with van der Waals surface area (Å²) in [6.07, 6.45) is 0.882. The molecule has 1 rings (SSSR count). The van der Waals surface area contributed by atoms with Crippen LogP contribution in [-0.4, -0.2) is 28.5 Å². The minimum absolute atomic E-state index is 0.0628. The fourth-order valence-corrected chi connectivity index (χ4v) is 1.45. The zero-order valence-electron chi connectivity index (χ0n) is 11.2. The number of phenolic OH excluding ortho intramolecular Hbond substituents is 1. The van der Waals surface area contributed by atoms with Gasteiger partial charge in [-0.2, -0.15) is 0 Å². The van der Waals surface area contributed by atoms with Crippen LogP contribution in [0.1, 0.15) is 43.1 Å². The summed E-state index contributed by atoms with van der Waals surface area (Å²) in [6.45, 7) is 7.91. The van der Waals surface area contributed by atoms with Gasteiger partial charge in [0.25, 0.3) is 5.91 Å². The van der Waals surface area contributed by atoms with Crippen molar-refractivity contribution >= 4 is 5.91 Å². The van der Waals surface area contributed by atoms with E-state index in [-0.39, 0.29) is 17.2 Å². The number of hydrogen-bond acceptors (Lipinski definition) is 2. The third-order valence-corrected chi connectivity index (χ3v) is 3.53.